The van der Waals surface area contributed by atoms with E-state index < -0.39 is 0 Å². The van der Waals surface area contributed by atoms with E-state index in [0.717, 1.165) is 65.0 Å². The van der Waals surface area contributed by atoms with Crippen molar-refractivity contribution < 1.29 is 4.79 Å². The fourth-order valence-electron chi connectivity index (χ4n) is 4.24. The van der Waals surface area contributed by atoms with Gasteiger partial charge in [0.25, 0.3) is 0 Å². The molecule has 0 aliphatic carbocycles. The van der Waals surface area contributed by atoms with E-state index in [1.54, 1.807) is 6.20 Å². The minimum absolute atomic E-state index is 0.0241. The Bertz CT molecular complexity index is 1330. The lowest BCUT2D eigenvalue weighted by Gasteiger charge is -2.37. The number of carbonyl (C=O) groups is 1. The number of hydrogen-bond donors (Lipinski definition) is 2. The molecule has 0 saturated carbocycles. The molecule has 0 spiro atoms. The van der Waals surface area contributed by atoms with Gasteiger partial charge in [-0.1, -0.05) is 29.8 Å². The molecule has 1 atom stereocenters. The van der Waals surface area contributed by atoms with Crippen LogP contribution in [0.3, 0.4) is 0 Å². The maximum absolute atomic E-state index is 11.1. The third-order valence-corrected chi connectivity index (χ3v) is 7.56. The summed E-state index contributed by atoms with van der Waals surface area (Å²) in [6.07, 6.45) is 2.74. The van der Waals surface area contributed by atoms with E-state index in [1.165, 1.54) is 16.9 Å². The summed E-state index contributed by atoms with van der Waals surface area (Å²) in [5.41, 5.74) is 11.3. The Kier molecular flexibility index (Phi) is 6.92. The van der Waals surface area contributed by atoms with E-state index in [1.807, 2.05) is 25.1 Å². The number of nitrogens with two attached hydrogens (primary N) is 1. The molecule has 1 aliphatic heterocycles. The van der Waals surface area contributed by atoms with Crippen molar-refractivity contribution in [2.45, 2.75) is 19.9 Å². The maximum Gasteiger partial charge on any atom is 0.227 e. The van der Waals surface area contributed by atoms with Crippen LogP contribution in [0.15, 0.2) is 60.8 Å². The molecule has 1 aliphatic rings. The molecule has 36 heavy (non-hydrogen) atoms. The third kappa shape index (κ3) is 5.22. The van der Waals surface area contributed by atoms with Crippen molar-refractivity contribution in [3.63, 3.8) is 0 Å². The summed E-state index contributed by atoms with van der Waals surface area (Å²) in [5, 5.41) is 4.16. The number of nitrogen functional groups attached to an aromatic ring is 1. The Labute approximate surface area is 214 Å². The molecule has 0 radical (unpaired) electrons. The molecule has 2 aromatic carbocycles. The first-order valence-electron chi connectivity index (χ1n) is 12.0. The van der Waals surface area contributed by atoms with Crippen LogP contribution < -0.4 is 16.0 Å². The van der Waals surface area contributed by atoms with Gasteiger partial charge >= 0.3 is 0 Å². The summed E-state index contributed by atoms with van der Waals surface area (Å²) in [7, 11) is 0. The van der Waals surface area contributed by atoms with Crippen LogP contribution in [-0.2, 0) is 4.79 Å². The number of benzene rings is 2. The summed E-state index contributed by atoms with van der Waals surface area (Å²) < 4.78 is 0. The zero-order valence-electron chi connectivity index (χ0n) is 20.4. The van der Waals surface area contributed by atoms with Gasteiger partial charge in [0.15, 0.2) is 0 Å². The number of rotatable bonds is 7. The predicted octanol–water partition coefficient (Wildman–Crippen LogP) is 4.61. The Hall–Kier alpha value is -3.82. The highest BCUT2D eigenvalue weighted by molar-refractivity contribution is 7.19. The molecule has 1 unspecified atom stereocenters. The van der Waals surface area contributed by atoms with Crippen LogP contribution in [0.25, 0.3) is 21.1 Å². The molecule has 2 aromatic heterocycles. The molecule has 9 heteroatoms. The molecule has 8 nitrogen and oxygen atoms in total. The highest BCUT2D eigenvalue weighted by Gasteiger charge is 2.21. The second kappa shape index (κ2) is 10.4. The number of thiazole rings is 1. The molecule has 1 saturated heterocycles. The van der Waals surface area contributed by atoms with Crippen molar-refractivity contribution in [2.75, 3.05) is 42.1 Å². The fraction of sp³-hybridized carbons (Fsp3) is 0.259. The monoisotopic (exact) mass is 499 g/mol. The van der Waals surface area contributed by atoms with E-state index in [-0.39, 0.29) is 6.04 Å². The average molecular weight is 500 g/mol. The standard InChI is InChI=1S/C27H29N7OS/c1-18-3-5-20(6-4-18)26-32-25(28)24(36-26)23-11-12-29-27(31-23)30-21-7-9-22(10-8-21)34-15-13-33(14-16-34)19(2)17-35/h3-12,17,19H,13-16,28H2,1-2H3,(H,29,30,31). The smallest absolute Gasteiger partial charge is 0.227 e. The first-order chi connectivity index (χ1) is 17.5. The number of hydrogen-bond acceptors (Lipinski definition) is 9. The summed E-state index contributed by atoms with van der Waals surface area (Å²) in [6.45, 7) is 7.58. The molecular weight excluding hydrogens is 470 g/mol. The summed E-state index contributed by atoms with van der Waals surface area (Å²) in [5.74, 6) is 0.966. The van der Waals surface area contributed by atoms with E-state index in [2.05, 4.69) is 73.4 Å². The van der Waals surface area contributed by atoms with Crippen LogP contribution in [-0.4, -0.2) is 58.4 Å². The quantitative estimate of drug-likeness (QED) is 0.356. The first-order valence-corrected chi connectivity index (χ1v) is 12.8. The van der Waals surface area contributed by atoms with Gasteiger partial charge < -0.3 is 20.7 Å². The molecule has 0 amide bonds. The normalized spacial score (nSPS) is 15.0. The Morgan fingerprint density at radius 3 is 2.42 bits per heavy atom. The van der Waals surface area contributed by atoms with Gasteiger partial charge in [0, 0.05) is 49.3 Å². The van der Waals surface area contributed by atoms with E-state index in [9.17, 15) is 4.79 Å². The third-order valence-electron chi connectivity index (χ3n) is 6.42. The number of anilines is 4. The van der Waals surface area contributed by atoms with Gasteiger partial charge in [0.1, 0.15) is 17.1 Å². The minimum Gasteiger partial charge on any atom is -0.382 e. The van der Waals surface area contributed by atoms with Crippen molar-refractivity contribution in [1.82, 2.24) is 19.9 Å². The van der Waals surface area contributed by atoms with Crippen molar-refractivity contribution in [1.29, 1.82) is 0 Å². The number of carbonyl (C=O) groups excluding carboxylic acids is 1. The molecule has 4 aromatic rings. The van der Waals surface area contributed by atoms with E-state index >= 15 is 0 Å². The number of aldehydes is 1. The van der Waals surface area contributed by atoms with Crippen molar-refractivity contribution >= 4 is 40.8 Å². The van der Waals surface area contributed by atoms with Gasteiger partial charge in [-0.15, -0.1) is 11.3 Å². The number of piperazine rings is 1. The van der Waals surface area contributed by atoms with Crippen LogP contribution >= 0.6 is 11.3 Å². The maximum atomic E-state index is 11.1. The van der Waals surface area contributed by atoms with Crippen LogP contribution in [0.4, 0.5) is 23.1 Å². The van der Waals surface area contributed by atoms with Crippen LogP contribution in [0.2, 0.25) is 0 Å². The zero-order valence-corrected chi connectivity index (χ0v) is 21.2. The summed E-state index contributed by atoms with van der Waals surface area (Å²) in [6, 6.07) is 18.3. The Morgan fingerprint density at radius 2 is 1.72 bits per heavy atom. The number of nitrogens with one attached hydrogen (secondary N) is 1. The summed E-state index contributed by atoms with van der Waals surface area (Å²) >= 11 is 1.53. The zero-order chi connectivity index (χ0) is 25.1. The molecule has 5 rings (SSSR count). The number of nitrogens with zero attached hydrogens (tertiary/aromatic N) is 5. The topological polar surface area (TPSA) is 100 Å². The number of aryl methyl sites for hydroxylation is 1. The Morgan fingerprint density at radius 1 is 1.00 bits per heavy atom. The highest BCUT2D eigenvalue weighted by Crippen LogP contribution is 2.36. The molecule has 1 fully saturated rings. The van der Waals surface area contributed by atoms with Gasteiger partial charge in [0.05, 0.1) is 16.6 Å². The molecule has 3 N–H and O–H groups in total. The lowest BCUT2D eigenvalue weighted by Crippen LogP contribution is -2.50. The van der Waals surface area contributed by atoms with Crippen LogP contribution in [0, 0.1) is 6.92 Å². The van der Waals surface area contributed by atoms with Gasteiger partial charge in [-0.05, 0) is 44.2 Å². The van der Waals surface area contributed by atoms with Crippen molar-refractivity contribution in [3.8, 4) is 21.1 Å². The number of aromatic nitrogens is 3. The Balaban J connectivity index is 1.27. The molecular formula is C27H29N7OS. The highest BCUT2D eigenvalue weighted by atomic mass is 32.1. The van der Waals surface area contributed by atoms with Gasteiger partial charge in [-0.3, -0.25) is 4.90 Å². The largest absolute Gasteiger partial charge is 0.382 e. The van der Waals surface area contributed by atoms with E-state index in [0.29, 0.717) is 11.8 Å². The van der Waals surface area contributed by atoms with E-state index in [4.69, 9.17) is 5.73 Å². The predicted molar refractivity (Wildman–Crippen MR) is 147 cm³/mol. The first kappa shape index (κ1) is 23.9. The van der Waals surface area contributed by atoms with Crippen molar-refractivity contribution in [2.24, 2.45) is 0 Å². The SMILES string of the molecule is Cc1ccc(-c2nc(N)c(-c3ccnc(Nc4ccc(N5CCN(C(C)C=O)CC5)cc4)n3)s2)cc1. The van der Waals surface area contributed by atoms with Crippen LogP contribution in [0.1, 0.15) is 12.5 Å². The lowest BCUT2D eigenvalue weighted by atomic mass is 10.2. The van der Waals surface area contributed by atoms with Crippen molar-refractivity contribution in [3.05, 3.63) is 66.4 Å². The van der Waals surface area contributed by atoms with Gasteiger partial charge in [-0.25, -0.2) is 15.0 Å². The van der Waals surface area contributed by atoms with Crippen LogP contribution in [0.5, 0.6) is 0 Å². The average Bonchev–Trinajstić information content (AvgIpc) is 3.31. The fourth-order valence-corrected chi connectivity index (χ4v) is 5.20. The second-order valence-corrected chi connectivity index (χ2v) is 9.94. The van der Waals surface area contributed by atoms with Gasteiger partial charge in [-0.2, -0.15) is 0 Å². The second-order valence-electron chi connectivity index (χ2n) is 8.94. The summed E-state index contributed by atoms with van der Waals surface area (Å²) in [4.78, 5) is 30.1. The minimum atomic E-state index is -0.0241. The molecule has 0 bridgehead atoms. The molecule has 3 heterocycles. The molecule has 184 valence electrons. The van der Waals surface area contributed by atoms with Gasteiger partial charge in [0.2, 0.25) is 5.95 Å². The lowest BCUT2D eigenvalue weighted by molar-refractivity contribution is -0.112.